The Hall–Kier alpha value is -1.84. The molecule has 1 rings (SSSR count). The van der Waals surface area contributed by atoms with E-state index in [1.165, 1.54) is 12.7 Å². The Kier molecular flexibility index (Phi) is 5.31. The fraction of sp³-hybridized carbons (Fsp3) is 0.500. The minimum absolute atomic E-state index is 0.130. The molecule has 0 saturated carbocycles. The van der Waals surface area contributed by atoms with Crippen molar-refractivity contribution in [2.75, 3.05) is 13.7 Å². The van der Waals surface area contributed by atoms with Crippen molar-refractivity contribution in [1.82, 2.24) is 5.32 Å². The lowest BCUT2D eigenvalue weighted by molar-refractivity contribution is -0.140. The van der Waals surface area contributed by atoms with Crippen LogP contribution >= 0.6 is 0 Å². The SMILES string of the molecule is COC(=O)CCNC(=O)c1c(C)c(C)c(C)c(C)c1C. The summed E-state index contributed by atoms with van der Waals surface area (Å²) < 4.78 is 4.55. The van der Waals surface area contributed by atoms with Crippen LogP contribution in [0.15, 0.2) is 0 Å². The largest absolute Gasteiger partial charge is 0.469 e. The van der Waals surface area contributed by atoms with Crippen LogP contribution in [0.2, 0.25) is 0 Å². The smallest absolute Gasteiger partial charge is 0.307 e. The Morgan fingerprint density at radius 1 is 0.900 bits per heavy atom. The molecule has 0 fully saturated rings. The molecule has 1 aromatic carbocycles. The first-order valence-corrected chi connectivity index (χ1v) is 6.73. The average molecular weight is 277 g/mol. The van der Waals surface area contributed by atoms with Crippen molar-refractivity contribution >= 4 is 11.9 Å². The number of carbonyl (C=O) groups excluding carboxylic acids is 2. The molecule has 0 aliphatic heterocycles. The standard InChI is InChI=1S/C16H23NO3/c1-9-10(2)12(4)15(13(5)11(9)3)16(19)17-8-7-14(18)20-6/h7-8H2,1-6H3,(H,17,19). The second kappa shape index (κ2) is 6.55. The molecule has 1 N–H and O–H groups in total. The van der Waals surface area contributed by atoms with Crippen LogP contribution in [0, 0.1) is 34.6 Å². The highest BCUT2D eigenvalue weighted by Crippen LogP contribution is 2.25. The molecule has 4 heteroatoms. The van der Waals surface area contributed by atoms with Gasteiger partial charge in [0.1, 0.15) is 0 Å². The van der Waals surface area contributed by atoms with Crippen LogP contribution in [0.4, 0.5) is 0 Å². The van der Waals surface area contributed by atoms with Gasteiger partial charge in [0.2, 0.25) is 0 Å². The number of benzene rings is 1. The number of rotatable bonds is 4. The highest BCUT2D eigenvalue weighted by molar-refractivity contribution is 5.98. The third kappa shape index (κ3) is 3.18. The van der Waals surface area contributed by atoms with Gasteiger partial charge in [-0.2, -0.15) is 0 Å². The summed E-state index contributed by atoms with van der Waals surface area (Å²) in [4.78, 5) is 23.4. The van der Waals surface area contributed by atoms with E-state index in [2.05, 4.69) is 17.0 Å². The zero-order valence-corrected chi connectivity index (χ0v) is 13.1. The number of carbonyl (C=O) groups is 2. The first kappa shape index (κ1) is 16.2. The monoisotopic (exact) mass is 277 g/mol. The van der Waals surface area contributed by atoms with E-state index >= 15 is 0 Å². The summed E-state index contributed by atoms with van der Waals surface area (Å²) in [6.07, 6.45) is 0.185. The molecule has 0 saturated heterocycles. The third-order valence-electron chi connectivity index (χ3n) is 4.07. The molecule has 0 spiro atoms. The van der Waals surface area contributed by atoms with Gasteiger partial charge >= 0.3 is 5.97 Å². The summed E-state index contributed by atoms with van der Waals surface area (Å²) in [5.41, 5.74) is 6.24. The minimum Gasteiger partial charge on any atom is -0.469 e. The third-order valence-corrected chi connectivity index (χ3v) is 4.07. The van der Waals surface area contributed by atoms with E-state index in [9.17, 15) is 9.59 Å². The predicted molar refractivity (Wildman–Crippen MR) is 79.1 cm³/mol. The van der Waals surface area contributed by atoms with Gasteiger partial charge in [-0.25, -0.2) is 0 Å². The molecular formula is C16H23NO3. The molecule has 0 bridgehead atoms. The Balaban J connectivity index is 2.97. The second-order valence-corrected chi connectivity index (χ2v) is 5.08. The maximum atomic E-state index is 12.3. The maximum absolute atomic E-state index is 12.3. The van der Waals surface area contributed by atoms with E-state index in [-0.39, 0.29) is 24.8 Å². The molecule has 0 aromatic heterocycles. The van der Waals surface area contributed by atoms with Crippen LogP contribution < -0.4 is 5.32 Å². The van der Waals surface area contributed by atoms with Gasteiger partial charge in [-0.05, 0) is 62.4 Å². The minimum atomic E-state index is -0.324. The summed E-state index contributed by atoms with van der Waals surface area (Å²) in [6, 6.07) is 0. The van der Waals surface area contributed by atoms with Crippen LogP contribution in [0.5, 0.6) is 0 Å². The van der Waals surface area contributed by atoms with Gasteiger partial charge in [-0.1, -0.05) is 0 Å². The number of nitrogens with one attached hydrogen (secondary N) is 1. The lowest BCUT2D eigenvalue weighted by atomic mass is 9.89. The topological polar surface area (TPSA) is 55.4 Å². The zero-order chi connectivity index (χ0) is 15.4. The van der Waals surface area contributed by atoms with Gasteiger partial charge in [0.15, 0.2) is 0 Å². The quantitative estimate of drug-likeness (QED) is 0.860. The van der Waals surface area contributed by atoms with Crippen molar-refractivity contribution < 1.29 is 14.3 Å². The summed E-state index contributed by atoms with van der Waals surface area (Å²) in [7, 11) is 1.34. The highest BCUT2D eigenvalue weighted by Gasteiger charge is 2.17. The number of hydrogen-bond donors (Lipinski definition) is 1. The Labute approximate surface area is 120 Å². The van der Waals surface area contributed by atoms with Crippen LogP contribution in [0.25, 0.3) is 0 Å². The molecule has 0 unspecified atom stereocenters. The molecule has 1 amide bonds. The summed E-state index contributed by atoms with van der Waals surface area (Å²) in [5, 5.41) is 2.78. The van der Waals surface area contributed by atoms with Gasteiger partial charge in [-0.3, -0.25) is 9.59 Å². The van der Waals surface area contributed by atoms with Gasteiger partial charge in [0.05, 0.1) is 13.5 Å². The van der Waals surface area contributed by atoms with E-state index in [1.54, 1.807) is 0 Å². The summed E-state index contributed by atoms with van der Waals surface area (Å²) >= 11 is 0. The summed E-state index contributed by atoms with van der Waals surface area (Å²) in [6.45, 7) is 10.3. The first-order chi connectivity index (χ1) is 9.31. The predicted octanol–water partition coefficient (Wildman–Crippen LogP) is 2.52. The number of methoxy groups -OCH3 is 1. The van der Waals surface area contributed by atoms with Crippen LogP contribution in [0.1, 0.15) is 44.6 Å². The van der Waals surface area contributed by atoms with Crippen LogP contribution in [0.3, 0.4) is 0 Å². The first-order valence-electron chi connectivity index (χ1n) is 6.73. The van der Waals surface area contributed by atoms with Crippen LogP contribution in [-0.4, -0.2) is 25.5 Å². The van der Waals surface area contributed by atoms with E-state index in [1.807, 2.05) is 27.7 Å². The number of ether oxygens (including phenoxy) is 1. The zero-order valence-electron chi connectivity index (χ0n) is 13.1. The molecule has 4 nitrogen and oxygen atoms in total. The van der Waals surface area contributed by atoms with Crippen molar-refractivity contribution in [3.63, 3.8) is 0 Å². The lowest BCUT2D eigenvalue weighted by Gasteiger charge is -2.18. The molecular weight excluding hydrogens is 254 g/mol. The number of esters is 1. The van der Waals surface area contributed by atoms with E-state index < -0.39 is 0 Å². The lowest BCUT2D eigenvalue weighted by Crippen LogP contribution is -2.28. The maximum Gasteiger partial charge on any atom is 0.307 e. The summed E-state index contributed by atoms with van der Waals surface area (Å²) in [5.74, 6) is -0.454. The number of amides is 1. The molecule has 20 heavy (non-hydrogen) atoms. The molecule has 0 radical (unpaired) electrons. The Bertz CT molecular complexity index is 518. The molecule has 0 aliphatic rings. The fourth-order valence-corrected chi connectivity index (χ4v) is 2.31. The molecule has 0 aliphatic carbocycles. The Morgan fingerprint density at radius 2 is 1.35 bits per heavy atom. The van der Waals surface area contributed by atoms with Crippen molar-refractivity contribution in [2.45, 2.75) is 41.0 Å². The van der Waals surface area contributed by atoms with Crippen LogP contribution in [-0.2, 0) is 9.53 Å². The molecule has 0 atom stereocenters. The van der Waals surface area contributed by atoms with Crippen molar-refractivity contribution in [3.05, 3.63) is 33.4 Å². The fourth-order valence-electron chi connectivity index (χ4n) is 2.31. The van der Waals surface area contributed by atoms with Gasteiger partial charge in [0, 0.05) is 12.1 Å². The van der Waals surface area contributed by atoms with Crippen molar-refractivity contribution in [1.29, 1.82) is 0 Å². The van der Waals surface area contributed by atoms with Crippen molar-refractivity contribution in [2.24, 2.45) is 0 Å². The van der Waals surface area contributed by atoms with E-state index in [0.29, 0.717) is 0 Å². The second-order valence-electron chi connectivity index (χ2n) is 5.08. The molecule has 1 aromatic rings. The highest BCUT2D eigenvalue weighted by atomic mass is 16.5. The van der Waals surface area contributed by atoms with E-state index in [4.69, 9.17) is 0 Å². The van der Waals surface area contributed by atoms with Gasteiger partial charge in [-0.15, -0.1) is 0 Å². The van der Waals surface area contributed by atoms with Gasteiger partial charge < -0.3 is 10.1 Å². The van der Waals surface area contributed by atoms with Gasteiger partial charge in [0.25, 0.3) is 5.91 Å². The van der Waals surface area contributed by atoms with E-state index in [0.717, 1.165) is 27.8 Å². The van der Waals surface area contributed by atoms with Crippen molar-refractivity contribution in [3.8, 4) is 0 Å². The molecule has 0 heterocycles. The average Bonchev–Trinajstić information content (AvgIpc) is 2.43. The Morgan fingerprint density at radius 3 is 1.80 bits per heavy atom. The number of hydrogen-bond acceptors (Lipinski definition) is 3. The molecule has 110 valence electrons. The normalized spacial score (nSPS) is 10.3.